The van der Waals surface area contributed by atoms with Crippen LogP contribution in [0, 0.1) is 6.92 Å². The van der Waals surface area contributed by atoms with Crippen molar-refractivity contribution in [2.24, 2.45) is 0 Å². The SMILES string of the molecule is Cc1cccc(S(=O)(=O)Nc2ccc(Nc3ccc(Cl)cc3)nc2)c1. The molecule has 0 amide bonds. The fourth-order valence-corrected chi connectivity index (χ4v) is 3.48. The van der Waals surface area contributed by atoms with Crippen LogP contribution in [0.15, 0.2) is 71.8 Å². The zero-order valence-electron chi connectivity index (χ0n) is 13.4. The normalized spacial score (nSPS) is 11.1. The van der Waals surface area contributed by atoms with Gasteiger partial charge in [0.15, 0.2) is 0 Å². The molecule has 0 fully saturated rings. The Balaban J connectivity index is 1.73. The summed E-state index contributed by atoms with van der Waals surface area (Å²) in [4.78, 5) is 4.44. The van der Waals surface area contributed by atoms with E-state index in [-0.39, 0.29) is 4.90 Å². The lowest BCUT2D eigenvalue weighted by atomic mass is 10.2. The van der Waals surface area contributed by atoms with Gasteiger partial charge in [-0.2, -0.15) is 0 Å². The van der Waals surface area contributed by atoms with Crippen molar-refractivity contribution in [1.82, 2.24) is 4.98 Å². The smallest absolute Gasteiger partial charge is 0.261 e. The first-order valence-electron chi connectivity index (χ1n) is 7.50. The minimum Gasteiger partial charge on any atom is -0.340 e. The molecule has 0 aliphatic rings. The van der Waals surface area contributed by atoms with Gasteiger partial charge in [0.1, 0.15) is 5.82 Å². The Morgan fingerprint density at radius 1 is 0.960 bits per heavy atom. The van der Waals surface area contributed by atoms with E-state index in [0.717, 1.165) is 11.3 Å². The van der Waals surface area contributed by atoms with Gasteiger partial charge in [-0.3, -0.25) is 4.72 Å². The Bertz CT molecular complexity index is 972. The number of halogens is 1. The maximum absolute atomic E-state index is 12.4. The molecule has 2 N–H and O–H groups in total. The molecule has 0 spiro atoms. The second-order valence-electron chi connectivity index (χ2n) is 5.49. The van der Waals surface area contributed by atoms with E-state index in [1.807, 2.05) is 25.1 Å². The van der Waals surface area contributed by atoms with Crippen LogP contribution in [0.4, 0.5) is 17.2 Å². The molecule has 1 heterocycles. The molecule has 128 valence electrons. The third-order valence-corrected chi connectivity index (χ3v) is 5.06. The number of benzene rings is 2. The van der Waals surface area contributed by atoms with Gasteiger partial charge in [0.2, 0.25) is 0 Å². The summed E-state index contributed by atoms with van der Waals surface area (Å²) in [7, 11) is -3.64. The molecule has 5 nitrogen and oxygen atoms in total. The van der Waals surface area contributed by atoms with E-state index in [1.54, 1.807) is 42.5 Å². The zero-order valence-corrected chi connectivity index (χ0v) is 15.0. The summed E-state index contributed by atoms with van der Waals surface area (Å²) in [5.74, 6) is 0.598. The molecule has 0 atom stereocenters. The number of sulfonamides is 1. The average Bonchev–Trinajstić information content (AvgIpc) is 2.58. The maximum atomic E-state index is 12.4. The standard InChI is InChI=1S/C18H16ClN3O2S/c1-13-3-2-4-17(11-13)25(23,24)22-16-9-10-18(20-12-16)21-15-7-5-14(19)6-8-15/h2-12,22H,1H3,(H,20,21). The van der Waals surface area contributed by atoms with Crippen molar-refractivity contribution in [2.45, 2.75) is 11.8 Å². The summed E-state index contributed by atoms with van der Waals surface area (Å²) < 4.78 is 27.3. The zero-order chi connectivity index (χ0) is 17.9. The number of hydrogen-bond donors (Lipinski definition) is 2. The summed E-state index contributed by atoms with van der Waals surface area (Å²) in [5.41, 5.74) is 2.11. The van der Waals surface area contributed by atoms with E-state index in [1.165, 1.54) is 6.20 Å². The van der Waals surface area contributed by atoms with Gasteiger partial charge >= 0.3 is 0 Å². The van der Waals surface area contributed by atoms with Crippen molar-refractivity contribution in [3.05, 3.63) is 77.4 Å². The minimum atomic E-state index is -3.64. The van der Waals surface area contributed by atoms with Gasteiger partial charge in [0.05, 0.1) is 16.8 Å². The molecule has 0 bridgehead atoms. The number of nitrogens with zero attached hydrogens (tertiary/aromatic N) is 1. The maximum Gasteiger partial charge on any atom is 0.261 e. The number of aryl methyl sites for hydroxylation is 1. The Kier molecular flexibility index (Phi) is 4.92. The van der Waals surface area contributed by atoms with Gasteiger partial charge in [-0.05, 0) is 61.0 Å². The summed E-state index contributed by atoms with van der Waals surface area (Å²) in [6.45, 7) is 1.85. The third kappa shape index (κ3) is 4.49. The van der Waals surface area contributed by atoms with Crippen LogP contribution < -0.4 is 10.0 Å². The minimum absolute atomic E-state index is 0.218. The molecule has 3 rings (SSSR count). The van der Waals surface area contributed by atoms with Crippen molar-refractivity contribution >= 4 is 38.8 Å². The van der Waals surface area contributed by atoms with Crippen molar-refractivity contribution < 1.29 is 8.42 Å². The Morgan fingerprint density at radius 2 is 1.68 bits per heavy atom. The van der Waals surface area contributed by atoms with Crippen LogP contribution >= 0.6 is 11.6 Å². The molecule has 0 saturated carbocycles. The van der Waals surface area contributed by atoms with Crippen LogP contribution in [0.3, 0.4) is 0 Å². The number of hydrogen-bond acceptors (Lipinski definition) is 4. The Hall–Kier alpha value is -2.57. The van der Waals surface area contributed by atoms with Crippen LogP contribution in [-0.4, -0.2) is 13.4 Å². The first kappa shape index (κ1) is 17.3. The van der Waals surface area contributed by atoms with Crippen LogP contribution in [0.25, 0.3) is 0 Å². The topological polar surface area (TPSA) is 71.1 Å². The van der Waals surface area contributed by atoms with Crippen LogP contribution in [0.5, 0.6) is 0 Å². The van der Waals surface area contributed by atoms with Crippen LogP contribution in [0.2, 0.25) is 5.02 Å². The number of pyridine rings is 1. The first-order valence-corrected chi connectivity index (χ1v) is 9.37. The van der Waals surface area contributed by atoms with Gasteiger partial charge in [0, 0.05) is 10.7 Å². The molecule has 0 aliphatic carbocycles. The molecule has 7 heteroatoms. The van der Waals surface area contributed by atoms with Gasteiger partial charge in [-0.15, -0.1) is 0 Å². The van der Waals surface area contributed by atoms with Gasteiger partial charge in [-0.25, -0.2) is 13.4 Å². The largest absolute Gasteiger partial charge is 0.340 e. The van der Waals surface area contributed by atoms with E-state index in [4.69, 9.17) is 11.6 Å². The molecule has 1 aromatic heterocycles. The lowest BCUT2D eigenvalue weighted by Gasteiger charge is -2.10. The fraction of sp³-hybridized carbons (Fsp3) is 0.0556. The molecule has 2 aromatic carbocycles. The molecule has 3 aromatic rings. The number of rotatable bonds is 5. The molecule has 0 aliphatic heterocycles. The van der Waals surface area contributed by atoms with Crippen LogP contribution in [0.1, 0.15) is 5.56 Å². The highest BCUT2D eigenvalue weighted by Gasteiger charge is 2.14. The molecule has 25 heavy (non-hydrogen) atoms. The molecule has 0 unspecified atom stereocenters. The Morgan fingerprint density at radius 3 is 2.32 bits per heavy atom. The van der Waals surface area contributed by atoms with Gasteiger partial charge < -0.3 is 5.32 Å². The predicted molar refractivity (Wildman–Crippen MR) is 101 cm³/mol. The van der Waals surface area contributed by atoms with E-state index in [2.05, 4.69) is 15.0 Å². The van der Waals surface area contributed by atoms with E-state index in [9.17, 15) is 8.42 Å². The fourth-order valence-electron chi connectivity index (χ4n) is 2.21. The van der Waals surface area contributed by atoms with E-state index in [0.29, 0.717) is 16.5 Å². The van der Waals surface area contributed by atoms with Crippen molar-refractivity contribution in [3.63, 3.8) is 0 Å². The molecular weight excluding hydrogens is 358 g/mol. The lowest BCUT2D eigenvalue weighted by Crippen LogP contribution is -2.13. The molecular formula is C18H16ClN3O2S. The summed E-state index contributed by atoms with van der Waals surface area (Å²) in [6, 6.07) is 17.3. The second kappa shape index (κ2) is 7.13. The first-order chi connectivity index (χ1) is 11.9. The van der Waals surface area contributed by atoms with Crippen molar-refractivity contribution in [3.8, 4) is 0 Å². The monoisotopic (exact) mass is 373 g/mol. The van der Waals surface area contributed by atoms with Gasteiger partial charge in [0.25, 0.3) is 10.0 Å². The summed E-state index contributed by atoms with van der Waals surface area (Å²) >= 11 is 5.85. The number of aromatic nitrogens is 1. The molecule has 0 radical (unpaired) electrons. The highest BCUT2D eigenvalue weighted by molar-refractivity contribution is 7.92. The average molecular weight is 374 g/mol. The highest BCUT2D eigenvalue weighted by atomic mass is 35.5. The number of anilines is 3. The Labute approximate surface area is 151 Å². The third-order valence-electron chi connectivity index (χ3n) is 3.43. The molecule has 0 saturated heterocycles. The summed E-state index contributed by atoms with van der Waals surface area (Å²) in [5, 5.41) is 3.77. The van der Waals surface area contributed by atoms with Crippen molar-refractivity contribution in [2.75, 3.05) is 10.0 Å². The highest BCUT2D eigenvalue weighted by Crippen LogP contribution is 2.20. The predicted octanol–water partition coefficient (Wildman–Crippen LogP) is 4.59. The lowest BCUT2D eigenvalue weighted by molar-refractivity contribution is 0.601. The van der Waals surface area contributed by atoms with Crippen LogP contribution in [-0.2, 0) is 10.0 Å². The number of nitrogens with one attached hydrogen (secondary N) is 2. The quantitative estimate of drug-likeness (QED) is 0.686. The second-order valence-corrected chi connectivity index (χ2v) is 7.60. The summed E-state index contributed by atoms with van der Waals surface area (Å²) in [6.07, 6.45) is 1.46. The van der Waals surface area contributed by atoms with Gasteiger partial charge in [-0.1, -0.05) is 23.7 Å². The van der Waals surface area contributed by atoms with E-state index < -0.39 is 10.0 Å². The van der Waals surface area contributed by atoms with E-state index >= 15 is 0 Å². The van der Waals surface area contributed by atoms with Crippen molar-refractivity contribution in [1.29, 1.82) is 0 Å².